The lowest BCUT2D eigenvalue weighted by molar-refractivity contribution is -0.121. The number of likely N-dealkylation sites (tertiary alicyclic amines) is 1. The molecule has 18 heavy (non-hydrogen) atoms. The number of unbranched alkanes of at least 4 members (excludes halogenated alkanes) is 2. The van der Waals surface area contributed by atoms with Gasteiger partial charge in [0.1, 0.15) is 0 Å². The van der Waals surface area contributed by atoms with E-state index in [1.54, 1.807) is 0 Å². The van der Waals surface area contributed by atoms with Crippen molar-refractivity contribution in [2.45, 2.75) is 44.6 Å². The van der Waals surface area contributed by atoms with Crippen molar-refractivity contribution in [3.8, 4) is 0 Å². The number of piperidine rings is 1. The lowest BCUT2D eigenvalue weighted by Crippen LogP contribution is -2.42. The third-order valence-electron chi connectivity index (χ3n) is 3.89. The lowest BCUT2D eigenvalue weighted by Gasteiger charge is -2.35. The maximum atomic E-state index is 10.9. The Bertz CT molecular complexity index is 239. The minimum Gasteiger partial charge on any atom is -0.306 e. The van der Waals surface area contributed by atoms with Gasteiger partial charge in [-0.1, -0.05) is 6.42 Å². The Morgan fingerprint density at radius 2 is 2.00 bits per heavy atom. The quantitative estimate of drug-likeness (QED) is 0.302. The predicted octanol–water partition coefficient (Wildman–Crippen LogP) is 0.563. The van der Waals surface area contributed by atoms with E-state index < -0.39 is 0 Å². The van der Waals surface area contributed by atoms with Crippen LogP contribution in [0.2, 0.25) is 0 Å². The molecule has 0 atom stereocenters. The van der Waals surface area contributed by atoms with Crippen molar-refractivity contribution in [2.75, 3.05) is 33.7 Å². The van der Waals surface area contributed by atoms with Crippen molar-refractivity contribution in [2.24, 2.45) is 5.84 Å². The van der Waals surface area contributed by atoms with Crippen LogP contribution in [0.1, 0.15) is 38.5 Å². The van der Waals surface area contributed by atoms with Crippen LogP contribution in [-0.4, -0.2) is 55.5 Å². The van der Waals surface area contributed by atoms with Crippen molar-refractivity contribution < 1.29 is 4.79 Å². The van der Waals surface area contributed by atoms with Crippen molar-refractivity contribution in [1.29, 1.82) is 0 Å². The Labute approximate surface area is 111 Å². The Morgan fingerprint density at radius 1 is 1.33 bits per heavy atom. The largest absolute Gasteiger partial charge is 0.306 e. The fraction of sp³-hybridized carbons (Fsp3) is 0.923. The van der Waals surface area contributed by atoms with Gasteiger partial charge in [0.2, 0.25) is 5.91 Å². The van der Waals surface area contributed by atoms with Gasteiger partial charge in [-0.15, -0.1) is 0 Å². The Morgan fingerprint density at radius 3 is 2.61 bits per heavy atom. The van der Waals surface area contributed by atoms with Gasteiger partial charge in [-0.2, -0.15) is 0 Å². The minimum absolute atomic E-state index is 0.0568. The zero-order chi connectivity index (χ0) is 13.4. The zero-order valence-electron chi connectivity index (χ0n) is 11.8. The molecule has 0 radical (unpaired) electrons. The third-order valence-corrected chi connectivity index (χ3v) is 3.89. The number of nitrogens with two attached hydrogens (primary N) is 1. The molecular formula is C13H28N4O. The maximum absolute atomic E-state index is 10.9. The number of nitrogens with zero attached hydrogens (tertiary/aromatic N) is 2. The molecule has 0 saturated carbocycles. The average Bonchev–Trinajstić information content (AvgIpc) is 2.38. The fourth-order valence-corrected chi connectivity index (χ4v) is 2.51. The van der Waals surface area contributed by atoms with Crippen LogP contribution in [0.3, 0.4) is 0 Å². The molecule has 1 fully saturated rings. The smallest absolute Gasteiger partial charge is 0.233 e. The molecule has 0 aromatic heterocycles. The third kappa shape index (κ3) is 5.80. The highest BCUT2D eigenvalue weighted by molar-refractivity contribution is 5.74. The van der Waals surface area contributed by atoms with Gasteiger partial charge in [-0.3, -0.25) is 10.2 Å². The highest BCUT2D eigenvalue weighted by Crippen LogP contribution is 2.14. The molecule has 1 aliphatic heterocycles. The first-order chi connectivity index (χ1) is 8.63. The summed E-state index contributed by atoms with van der Waals surface area (Å²) in [6.07, 6.45) is 6.31. The van der Waals surface area contributed by atoms with E-state index in [1.165, 1.54) is 32.4 Å². The van der Waals surface area contributed by atoms with Gasteiger partial charge in [0.05, 0.1) is 0 Å². The van der Waals surface area contributed by atoms with Crippen LogP contribution in [0.4, 0.5) is 0 Å². The second-order valence-corrected chi connectivity index (χ2v) is 5.39. The standard InChI is InChI=1S/C13H28N4O/c1-16-10-7-12(8-11-16)17(2)9-5-3-4-6-13(18)15-14/h12H,3-11,14H2,1-2H3,(H,15,18). The summed E-state index contributed by atoms with van der Waals surface area (Å²) in [7, 11) is 4.42. The van der Waals surface area contributed by atoms with Crippen LogP contribution in [-0.2, 0) is 4.79 Å². The molecule has 0 unspecified atom stereocenters. The van der Waals surface area contributed by atoms with Crippen LogP contribution < -0.4 is 11.3 Å². The number of carbonyl (C=O) groups is 1. The van der Waals surface area contributed by atoms with Crippen LogP contribution in [0.25, 0.3) is 0 Å². The normalized spacial score (nSPS) is 18.2. The van der Waals surface area contributed by atoms with Crippen molar-refractivity contribution in [1.82, 2.24) is 15.2 Å². The van der Waals surface area contributed by atoms with E-state index in [2.05, 4.69) is 29.3 Å². The van der Waals surface area contributed by atoms with E-state index >= 15 is 0 Å². The van der Waals surface area contributed by atoms with Gasteiger partial charge < -0.3 is 9.80 Å². The van der Waals surface area contributed by atoms with Crippen LogP contribution in [0.5, 0.6) is 0 Å². The van der Waals surface area contributed by atoms with Gasteiger partial charge >= 0.3 is 0 Å². The highest BCUT2D eigenvalue weighted by atomic mass is 16.2. The summed E-state index contributed by atoms with van der Waals surface area (Å²) < 4.78 is 0. The monoisotopic (exact) mass is 256 g/mol. The first-order valence-corrected chi connectivity index (χ1v) is 7.01. The van der Waals surface area contributed by atoms with E-state index in [-0.39, 0.29) is 5.91 Å². The van der Waals surface area contributed by atoms with E-state index in [0.29, 0.717) is 6.42 Å². The van der Waals surface area contributed by atoms with E-state index in [0.717, 1.165) is 25.4 Å². The van der Waals surface area contributed by atoms with Gasteiger partial charge in [-0.25, -0.2) is 5.84 Å². The number of amides is 1. The van der Waals surface area contributed by atoms with E-state index in [4.69, 9.17) is 5.84 Å². The Kier molecular flexibility index (Phi) is 7.23. The molecular weight excluding hydrogens is 228 g/mol. The Hall–Kier alpha value is -0.650. The molecule has 0 spiro atoms. The van der Waals surface area contributed by atoms with Gasteiger partial charge in [0.25, 0.3) is 0 Å². The molecule has 5 nitrogen and oxygen atoms in total. The number of carbonyl (C=O) groups excluding carboxylic acids is 1. The van der Waals surface area contributed by atoms with Crippen LogP contribution >= 0.6 is 0 Å². The summed E-state index contributed by atoms with van der Waals surface area (Å²) >= 11 is 0. The highest BCUT2D eigenvalue weighted by Gasteiger charge is 2.19. The zero-order valence-corrected chi connectivity index (χ0v) is 11.8. The fourth-order valence-electron chi connectivity index (χ4n) is 2.51. The number of hydrogen-bond acceptors (Lipinski definition) is 4. The Balaban J connectivity index is 2.03. The predicted molar refractivity (Wildman–Crippen MR) is 73.9 cm³/mol. The van der Waals surface area contributed by atoms with Crippen LogP contribution in [0, 0.1) is 0 Å². The SMILES string of the molecule is CN1CCC(N(C)CCCCCC(=O)NN)CC1. The molecule has 1 rings (SSSR count). The number of hydrazine groups is 1. The summed E-state index contributed by atoms with van der Waals surface area (Å²) in [6.45, 7) is 3.57. The summed E-state index contributed by atoms with van der Waals surface area (Å²) in [6, 6.07) is 0.744. The number of nitrogens with one attached hydrogen (secondary N) is 1. The second-order valence-electron chi connectivity index (χ2n) is 5.39. The lowest BCUT2D eigenvalue weighted by atomic mass is 10.0. The number of hydrogen-bond donors (Lipinski definition) is 2. The molecule has 3 N–H and O–H groups in total. The topological polar surface area (TPSA) is 61.6 Å². The summed E-state index contributed by atoms with van der Waals surface area (Å²) in [5, 5.41) is 0. The summed E-state index contributed by atoms with van der Waals surface area (Å²) in [4.78, 5) is 15.8. The molecule has 1 aliphatic rings. The molecule has 0 aromatic rings. The van der Waals surface area contributed by atoms with Gasteiger partial charge in [0, 0.05) is 12.5 Å². The van der Waals surface area contributed by atoms with E-state index in [1.807, 2.05) is 0 Å². The molecule has 0 aliphatic carbocycles. The first kappa shape index (κ1) is 15.4. The van der Waals surface area contributed by atoms with Crippen molar-refractivity contribution >= 4 is 5.91 Å². The summed E-state index contributed by atoms with van der Waals surface area (Å²) in [5.74, 6) is 4.98. The molecule has 106 valence electrons. The molecule has 1 saturated heterocycles. The molecule has 0 aromatic carbocycles. The second kappa shape index (κ2) is 8.45. The summed E-state index contributed by atoms with van der Waals surface area (Å²) in [5.41, 5.74) is 2.17. The number of rotatable bonds is 7. The first-order valence-electron chi connectivity index (χ1n) is 7.01. The molecule has 0 bridgehead atoms. The van der Waals surface area contributed by atoms with Gasteiger partial charge in [0.15, 0.2) is 0 Å². The van der Waals surface area contributed by atoms with Crippen molar-refractivity contribution in [3.63, 3.8) is 0 Å². The van der Waals surface area contributed by atoms with Crippen molar-refractivity contribution in [3.05, 3.63) is 0 Å². The maximum Gasteiger partial charge on any atom is 0.233 e. The minimum atomic E-state index is -0.0568. The van der Waals surface area contributed by atoms with Gasteiger partial charge in [-0.05, 0) is 59.4 Å². The molecule has 5 heteroatoms. The van der Waals surface area contributed by atoms with Crippen LogP contribution in [0.15, 0.2) is 0 Å². The molecule has 1 amide bonds. The average molecular weight is 256 g/mol. The molecule has 1 heterocycles. The van der Waals surface area contributed by atoms with E-state index in [9.17, 15) is 4.79 Å².